The Morgan fingerprint density at radius 1 is 1.10 bits per heavy atom. The lowest BCUT2D eigenvalue weighted by atomic mass is 10.2. The zero-order valence-corrected chi connectivity index (χ0v) is 13.1. The molecule has 120 valence electrons. The van der Waals surface area contributed by atoms with Crippen LogP contribution in [-0.4, -0.2) is 66.5 Å². The van der Waals surface area contributed by atoms with Crippen molar-refractivity contribution in [2.45, 2.75) is 39.7 Å². The topological polar surface area (TPSA) is 79.0 Å². The van der Waals surface area contributed by atoms with Crippen molar-refractivity contribution in [3.05, 3.63) is 0 Å². The van der Waals surface area contributed by atoms with Crippen LogP contribution in [0.1, 0.15) is 33.6 Å². The molecule has 1 atom stereocenters. The first kappa shape index (κ1) is 17.3. The summed E-state index contributed by atoms with van der Waals surface area (Å²) in [6.45, 7) is 7.74. The van der Waals surface area contributed by atoms with Crippen molar-refractivity contribution >= 4 is 17.9 Å². The first-order valence-electron chi connectivity index (χ1n) is 7.46. The Kier molecular flexibility index (Phi) is 6.98. The highest BCUT2D eigenvalue weighted by Crippen LogP contribution is 2.06. The zero-order chi connectivity index (χ0) is 15.8. The van der Waals surface area contributed by atoms with Crippen molar-refractivity contribution in [1.82, 2.24) is 15.1 Å². The smallest absolute Gasteiger partial charge is 0.409 e. The van der Waals surface area contributed by atoms with Crippen LogP contribution in [0.5, 0.6) is 0 Å². The standard InChI is InChI=1S/C14H25N3O4/c1-4-11(3)15-12(18)10-13(19)16-6-8-17(9-7-16)14(20)21-5-2/h11H,4-10H2,1-3H3,(H,15,18). The summed E-state index contributed by atoms with van der Waals surface area (Å²) in [5, 5.41) is 2.77. The fourth-order valence-corrected chi connectivity index (χ4v) is 2.03. The van der Waals surface area contributed by atoms with Gasteiger partial charge in [-0.15, -0.1) is 0 Å². The van der Waals surface area contributed by atoms with E-state index in [1.54, 1.807) is 16.7 Å². The van der Waals surface area contributed by atoms with Gasteiger partial charge in [0.25, 0.3) is 0 Å². The van der Waals surface area contributed by atoms with E-state index in [9.17, 15) is 14.4 Å². The Morgan fingerprint density at radius 2 is 1.67 bits per heavy atom. The molecule has 0 aromatic carbocycles. The molecule has 1 aliphatic rings. The van der Waals surface area contributed by atoms with Gasteiger partial charge in [-0.25, -0.2) is 4.79 Å². The summed E-state index contributed by atoms with van der Waals surface area (Å²) in [6, 6.07) is 0.0750. The highest BCUT2D eigenvalue weighted by molar-refractivity contribution is 5.97. The summed E-state index contributed by atoms with van der Waals surface area (Å²) in [6.07, 6.45) is 0.348. The number of hydrogen-bond acceptors (Lipinski definition) is 4. The molecule has 0 aromatic rings. The largest absolute Gasteiger partial charge is 0.450 e. The van der Waals surface area contributed by atoms with Gasteiger partial charge >= 0.3 is 6.09 Å². The van der Waals surface area contributed by atoms with Gasteiger partial charge in [-0.2, -0.15) is 0 Å². The fraction of sp³-hybridized carbons (Fsp3) is 0.786. The molecule has 1 N–H and O–H groups in total. The number of piperazine rings is 1. The van der Waals surface area contributed by atoms with Gasteiger partial charge in [0.2, 0.25) is 11.8 Å². The first-order valence-corrected chi connectivity index (χ1v) is 7.46. The number of hydrogen-bond donors (Lipinski definition) is 1. The number of nitrogens with zero attached hydrogens (tertiary/aromatic N) is 2. The molecule has 1 saturated heterocycles. The van der Waals surface area contributed by atoms with E-state index in [1.807, 2.05) is 13.8 Å². The Labute approximate surface area is 125 Å². The number of ether oxygens (including phenoxy) is 1. The molecular formula is C14H25N3O4. The summed E-state index contributed by atoms with van der Waals surface area (Å²) in [5.41, 5.74) is 0. The molecule has 0 saturated carbocycles. The zero-order valence-electron chi connectivity index (χ0n) is 13.1. The molecule has 0 aliphatic carbocycles. The van der Waals surface area contributed by atoms with E-state index in [-0.39, 0.29) is 30.4 Å². The maximum Gasteiger partial charge on any atom is 0.409 e. The Balaban J connectivity index is 2.35. The molecule has 0 radical (unpaired) electrons. The molecule has 7 nitrogen and oxygen atoms in total. The number of carbonyl (C=O) groups excluding carboxylic acids is 3. The minimum atomic E-state index is -0.348. The van der Waals surface area contributed by atoms with Gasteiger partial charge in [-0.1, -0.05) is 6.92 Å². The van der Waals surface area contributed by atoms with Gasteiger partial charge in [0, 0.05) is 32.2 Å². The van der Waals surface area contributed by atoms with E-state index in [2.05, 4.69) is 5.32 Å². The van der Waals surface area contributed by atoms with Crippen molar-refractivity contribution in [1.29, 1.82) is 0 Å². The maximum atomic E-state index is 12.0. The molecule has 1 unspecified atom stereocenters. The van der Waals surface area contributed by atoms with E-state index in [0.29, 0.717) is 32.8 Å². The third kappa shape index (κ3) is 5.61. The SMILES string of the molecule is CCOC(=O)N1CCN(C(=O)CC(=O)NC(C)CC)CC1. The monoisotopic (exact) mass is 299 g/mol. The van der Waals surface area contributed by atoms with E-state index in [0.717, 1.165) is 6.42 Å². The second kappa shape index (κ2) is 8.49. The van der Waals surface area contributed by atoms with Crippen LogP contribution < -0.4 is 5.32 Å². The molecule has 0 bridgehead atoms. The van der Waals surface area contributed by atoms with Crippen LogP contribution in [0.2, 0.25) is 0 Å². The van der Waals surface area contributed by atoms with Crippen LogP contribution in [0.15, 0.2) is 0 Å². The number of nitrogens with one attached hydrogen (secondary N) is 1. The van der Waals surface area contributed by atoms with Gasteiger partial charge in [0.05, 0.1) is 6.61 Å². The van der Waals surface area contributed by atoms with Gasteiger partial charge in [0.15, 0.2) is 0 Å². The third-order valence-electron chi connectivity index (χ3n) is 3.49. The fourth-order valence-electron chi connectivity index (χ4n) is 2.03. The molecule has 1 aliphatic heterocycles. The van der Waals surface area contributed by atoms with Gasteiger partial charge in [-0.3, -0.25) is 9.59 Å². The van der Waals surface area contributed by atoms with Gasteiger partial charge in [-0.05, 0) is 20.3 Å². The molecule has 3 amide bonds. The highest BCUT2D eigenvalue weighted by Gasteiger charge is 2.25. The summed E-state index contributed by atoms with van der Waals surface area (Å²) in [5.74, 6) is -0.443. The molecule has 1 rings (SSSR count). The quantitative estimate of drug-likeness (QED) is 0.754. The summed E-state index contributed by atoms with van der Waals surface area (Å²) >= 11 is 0. The predicted octanol–water partition coefficient (Wildman–Crippen LogP) is 0.592. The summed E-state index contributed by atoms with van der Waals surface area (Å²) in [7, 11) is 0. The average molecular weight is 299 g/mol. The van der Waals surface area contributed by atoms with Crippen molar-refractivity contribution in [2.75, 3.05) is 32.8 Å². The van der Waals surface area contributed by atoms with E-state index in [4.69, 9.17) is 4.74 Å². The third-order valence-corrected chi connectivity index (χ3v) is 3.49. The maximum absolute atomic E-state index is 12.0. The molecular weight excluding hydrogens is 274 g/mol. The van der Waals surface area contributed by atoms with E-state index >= 15 is 0 Å². The van der Waals surface area contributed by atoms with Gasteiger partial charge < -0.3 is 19.9 Å². The Bertz CT molecular complexity index is 378. The normalized spacial score (nSPS) is 16.3. The second-order valence-electron chi connectivity index (χ2n) is 5.12. The number of rotatable bonds is 5. The Hall–Kier alpha value is -1.79. The highest BCUT2D eigenvalue weighted by atomic mass is 16.6. The van der Waals surface area contributed by atoms with Crippen molar-refractivity contribution in [3.8, 4) is 0 Å². The molecule has 7 heteroatoms. The van der Waals surface area contributed by atoms with Crippen LogP contribution in [0.3, 0.4) is 0 Å². The molecule has 1 fully saturated rings. The van der Waals surface area contributed by atoms with E-state index < -0.39 is 0 Å². The molecule has 0 aromatic heterocycles. The summed E-state index contributed by atoms with van der Waals surface area (Å²) < 4.78 is 4.92. The summed E-state index contributed by atoms with van der Waals surface area (Å²) in [4.78, 5) is 38.4. The lowest BCUT2D eigenvalue weighted by molar-refractivity contribution is -0.137. The first-order chi connectivity index (χ1) is 9.97. The Morgan fingerprint density at radius 3 is 2.19 bits per heavy atom. The molecule has 21 heavy (non-hydrogen) atoms. The minimum Gasteiger partial charge on any atom is -0.450 e. The molecule has 1 heterocycles. The average Bonchev–Trinajstić information content (AvgIpc) is 2.47. The van der Waals surface area contributed by atoms with E-state index in [1.165, 1.54) is 0 Å². The lowest BCUT2D eigenvalue weighted by Crippen LogP contribution is -2.51. The van der Waals surface area contributed by atoms with Crippen LogP contribution in [0, 0.1) is 0 Å². The minimum absolute atomic E-state index is 0.0750. The number of carbonyl (C=O) groups is 3. The van der Waals surface area contributed by atoms with Crippen molar-refractivity contribution < 1.29 is 19.1 Å². The van der Waals surface area contributed by atoms with Crippen molar-refractivity contribution in [2.24, 2.45) is 0 Å². The molecule has 0 spiro atoms. The number of amides is 3. The van der Waals surface area contributed by atoms with Crippen molar-refractivity contribution in [3.63, 3.8) is 0 Å². The lowest BCUT2D eigenvalue weighted by Gasteiger charge is -2.34. The van der Waals surface area contributed by atoms with Crippen LogP contribution in [0.25, 0.3) is 0 Å². The van der Waals surface area contributed by atoms with Crippen LogP contribution >= 0.6 is 0 Å². The van der Waals surface area contributed by atoms with Gasteiger partial charge in [0.1, 0.15) is 6.42 Å². The predicted molar refractivity (Wildman–Crippen MR) is 77.7 cm³/mol. The second-order valence-corrected chi connectivity index (χ2v) is 5.12. The van der Waals surface area contributed by atoms with Crippen LogP contribution in [0.4, 0.5) is 4.79 Å². The van der Waals surface area contributed by atoms with Crippen LogP contribution in [-0.2, 0) is 14.3 Å².